The zero-order valence-corrected chi connectivity index (χ0v) is 8.56. The van der Waals surface area contributed by atoms with Gasteiger partial charge in [0.1, 0.15) is 6.17 Å². The molecular weight excluding hydrogens is 171 g/mol. The molecule has 0 saturated carbocycles. The third-order valence-electron chi connectivity index (χ3n) is 1.79. The minimum Gasteiger partial charge on any atom is -0.349 e. The third-order valence-corrected chi connectivity index (χ3v) is 1.79. The Labute approximate surface area is 79.1 Å². The summed E-state index contributed by atoms with van der Waals surface area (Å²) in [5, 5.41) is 5.57. The third kappa shape index (κ3) is 4.83. The molecule has 1 fully saturated rings. The number of hydrogen-bond donors (Lipinski definition) is 2. The molecule has 0 aromatic carbocycles. The molecule has 0 spiro atoms. The van der Waals surface area contributed by atoms with Gasteiger partial charge in [0, 0.05) is 13.5 Å². The summed E-state index contributed by atoms with van der Waals surface area (Å²) in [5.41, 5.74) is 0. The Hall–Kier alpha value is -0.640. The van der Waals surface area contributed by atoms with Crippen molar-refractivity contribution in [3.8, 4) is 0 Å². The molecule has 0 bridgehead atoms. The van der Waals surface area contributed by atoms with Crippen LogP contribution in [0.3, 0.4) is 0 Å². The van der Waals surface area contributed by atoms with Crippen LogP contribution in [0.2, 0.25) is 0 Å². The lowest BCUT2D eigenvalue weighted by Gasteiger charge is -2.26. The highest BCUT2D eigenvalue weighted by atomic mass is 19.1. The summed E-state index contributed by atoms with van der Waals surface area (Å²) in [6, 6.07) is -0.332. The standard InChI is InChI=1S/C7H13FN2O.C2H6/c1-5(11)10-7-4-9-3-2-6(7)8;1-2/h6-7,9H,2-4H2,1H3,(H,10,11);1-2H3. The molecule has 4 heteroatoms. The van der Waals surface area contributed by atoms with Gasteiger partial charge in [0.15, 0.2) is 0 Å². The molecule has 1 aliphatic rings. The molecule has 2 atom stereocenters. The predicted molar refractivity (Wildman–Crippen MR) is 51.3 cm³/mol. The lowest BCUT2D eigenvalue weighted by atomic mass is 10.1. The van der Waals surface area contributed by atoms with Gasteiger partial charge in [-0.2, -0.15) is 0 Å². The van der Waals surface area contributed by atoms with Gasteiger partial charge in [-0.05, 0) is 13.0 Å². The molecule has 0 aliphatic carbocycles. The van der Waals surface area contributed by atoms with E-state index in [1.165, 1.54) is 6.92 Å². The normalized spacial score (nSPS) is 27.1. The van der Waals surface area contributed by atoms with Crippen molar-refractivity contribution in [2.24, 2.45) is 0 Å². The first-order chi connectivity index (χ1) is 6.20. The highest BCUT2D eigenvalue weighted by Gasteiger charge is 2.24. The van der Waals surface area contributed by atoms with Gasteiger partial charge >= 0.3 is 0 Å². The van der Waals surface area contributed by atoms with Crippen molar-refractivity contribution in [1.82, 2.24) is 10.6 Å². The van der Waals surface area contributed by atoms with Gasteiger partial charge in [-0.15, -0.1) is 0 Å². The van der Waals surface area contributed by atoms with Crippen molar-refractivity contribution in [2.45, 2.75) is 39.4 Å². The largest absolute Gasteiger partial charge is 0.349 e. The van der Waals surface area contributed by atoms with Crippen molar-refractivity contribution < 1.29 is 9.18 Å². The first kappa shape index (κ1) is 12.4. The van der Waals surface area contributed by atoms with Crippen LogP contribution in [0.1, 0.15) is 27.2 Å². The molecule has 1 rings (SSSR count). The monoisotopic (exact) mass is 190 g/mol. The number of alkyl halides is 1. The van der Waals surface area contributed by atoms with Gasteiger partial charge in [-0.1, -0.05) is 13.8 Å². The number of piperidine rings is 1. The van der Waals surface area contributed by atoms with E-state index < -0.39 is 6.17 Å². The number of carbonyl (C=O) groups excluding carboxylic acids is 1. The lowest BCUT2D eigenvalue weighted by molar-refractivity contribution is -0.120. The second-order valence-electron chi connectivity index (χ2n) is 2.82. The van der Waals surface area contributed by atoms with Gasteiger partial charge in [-0.25, -0.2) is 4.39 Å². The Bertz CT molecular complexity index is 153. The van der Waals surface area contributed by atoms with Gasteiger partial charge in [0.05, 0.1) is 6.04 Å². The quantitative estimate of drug-likeness (QED) is 0.643. The average Bonchev–Trinajstić information content (AvgIpc) is 2.12. The van der Waals surface area contributed by atoms with E-state index in [1.807, 2.05) is 13.8 Å². The number of carbonyl (C=O) groups is 1. The van der Waals surface area contributed by atoms with Gasteiger partial charge in [0.2, 0.25) is 5.91 Å². The SMILES string of the molecule is CC.CC(=O)NC1CNCCC1F. The fraction of sp³-hybridized carbons (Fsp3) is 0.889. The Kier molecular flexibility index (Phi) is 6.49. The van der Waals surface area contributed by atoms with Gasteiger partial charge in [0.25, 0.3) is 0 Å². The smallest absolute Gasteiger partial charge is 0.217 e. The van der Waals surface area contributed by atoms with E-state index in [1.54, 1.807) is 0 Å². The molecule has 2 N–H and O–H groups in total. The van der Waals surface area contributed by atoms with Crippen LogP contribution < -0.4 is 10.6 Å². The molecule has 3 nitrogen and oxygen atoms in total. The predicted octanol–water partition coefficient (Wildman–Crippen LogP) is 0.849. The van der Waals surface area contributed by atoms with E-state index in [0.29, 0.717) is 19.5 Å². The van der Waals surface area contributed by atoms with Crippen LogP contribution in [0, 0.1) is 0 Å². The lowest BCUT2D eigenvalue weighted by Crippen LogP contribution is -2.51. The highest BCUT2D eigenvalue weighted by Crippen LogP contribution is 2.07. The maximum absolute atomic E-state index is 13.0. The molecule has 0 aromatic rings. The highest BCUT2D eigenvalue weighted by molar-refractivity contribution is 5.73. The van der Waals surface area contributed by atoms with E-state index in [-0.39, 0.29) is 11.9 Å². The van der Waals surface area contributed by atoms with Gasteiger partial charge in [-0.3, -0.25) is 4.79 Å². The molecule has 1 aliphatic heterocycles. The van der Waals surface area contributed by atoms with Crippen molar-refractivity contribution >= 4 is 5.91 Å². The van der Waals surface area contributed by atoms with E-state index >= 15 is 0 Å². The zero-order valence-electron chi connectivity index (χ0n) is 8.56. The summed E-state index contributed by atoms with van der Waals surface area (Å²) in [4.78, 5) is 10.6. The van der Waals surface area contributed by atoms with E-state index in [9.17, 15) is 9.18 Å². The van der Waals surface area contributed by atoms with Crippen LogP contribution >= 0.6 is 0 Å². The number of nitrogens with one attached hydrogen (secondary N) is 2. The van der Waals surface area contributed by atoms with E-state index in [2.05, 4.69) is 10.6 Å². The molecule has 13 heavy (non-hydrogen) atoms. The van der Waals surface area contributed by atoms with Gasteiger partial charge < -0.3 is 10.6 Å². The first-order valence-electron chi connectivity index (χ1n) is 4.82. The second-order valence-corrected chi connectivity index (χ2v) is 2.82. The second kappa shape index (κ2) is 6.83. The summed E-state index contributed by atoms with van der Waals surface area (Å²) in [5.74, 6) is -0.165. The number of rotatable bonds is 1. The summed E-state index contributed by atoms with van der Waals surface area (Å²) in [6.07, 6.45) is -0.398. The summed E-state index contributed by atoms with van der Waals surface area (Å²) in [7, 11) is 0. The molecule has 0 radical (unpaired) electrons. The van der Waals surface area contributed by atoms with Crippen LogP contribution in [0.15, 0.2) is 0 Å². The summed E-state index contributed by atoms with van der Waals surface area (Å²) in [6.45, 7) is 6.65. The van der Waals surface area contributed by atoms with Crippen molar-refractivity contribution in [3.63, 3.8) is 0 Å². The zero-order chi connectivity index (χ0) is 10.3. The average molecular weight is 190 g/mol. The Morgan fingerprint density at radius 3 is 2.62 bits per heavy atom. The van der Waals surface area contributed by atoms with Crippen LogP contribution in [0.5, 0.6) is 0 Å². The maximum atomic E-state index is 13.0. The topological polar surface area (TPSA) is 41.1 Å². The number of hydrogen-bond acceptors (Lipinski definition) is 2. The minimum atomic E-state index is -0.889. The fourth-order valence-electron chi connectivity index (χ4n) is 1.23. The van der Waals surface area contributed by atoms with Crippen LogP contribution in [-0.2, 0) is 4.79 Å². The Balaban J connectivity index is 0.000000671. The van der Waals surface area contributed by atoms with E-state index in [0.717, 1.165) is 0 Å². The molecule has 1 saturated heterocycles. The van der Waals surface area contributed by atoms with Crippen molar-refractivity contribution in [2.75, 3.05) is 13.1 Å². The van der Waals surface area contributed by atoms with Crippen molar-refractivity contribution in [3.05, 3.63) is 0 Å². The van der Waals surface area contributed by atoms with Crippen LogP contribution in [0.4, 0.5) is 4.39 Å². The Morgan fingerprint density at radius 2 is 2.15 bits per heavy atom. The molecular formula is C9H19FN2O. The molecule has 78 valence electrons. The summed E-state index contributed by atoms with van der Waals surface area (Å²) < 4.78 is 13.0. The molecule has 2 unspecified atom stereocenters. The minimum absolute atomic E-state index is 0.165. The van der Waals surface area contributed by atoms with Crippen LogP contribution in [0.25, 0.3) is 0 Å². The molecule has 1 amide bonds. The number of halogens is 1. The van der Waals surface area contributed by atoms with Crippen molar-refractivity contribution in [1.29, 1.82) is 0 Å². The number of amides is 1. The first-order valence-corrected chi connectivity index (χ1v) is 4.82. The molecule has 0 aromatic heterocycles. The van der Waals surface area contributed by atoms with E-state index in [4.69, 9.17) is 0 Å². The van der Waals surface area contributed by atoms with Crippen LogP contribution in [-0.4, -0.2) is 31.2 Å². The summed E-state index contributed by atoms with van der Waals surface area (Å²) >= 11 is 0. The fourth-order valence-corrected chi connectivity index (χ4v) is 1.23. The Morgan fingerprint density at radius 1 is 1.54 bits per heavy atom. The molecule has 1 heterocycles. The maximum Gasteiger partial charge on any atom is 0.217 e.